The van der Waals surface area contributed by atoms with Crippen molar-refractivity contribution in [2.45, 2.75) is 19.4 Å². The zero-order chi connectivity index (χ0) is 12.1. The van der Waals surface area contributed by atoms with Crippen LogP contribution >= 0.6 is 0 Å². The van der Waals surface area contributed by atoms with Crippen LogP contribution in [-0.2, 0) is 6.54 Å². The SMILES string of the molecule is Fc1ccc(CNCCC2CCNC2)c(F)c1. The standard InChI is InChI=1S/C13H18F2N2/c14-12-2-1-11(13(15)7-12)9-17-6-4-10-3-5-16-8-10/h1-2,7,10,16-17H,3-6,8-9H2. The Morgan fingerprint density at radius 1 is 1.35 bits per heavy atom. The third-order valence-electron chi connectivity index (χ3n) is 3.22. The third kappa shape index (κ3) is 3.75. The summed E-state index contributed by atoms with van der Waals surface area (Å²) in [6.07, 6.45) is 2.34. The highest BCUT2D eigenvalue weighted by Gasteiger charge is 2.13. The van der Waals surface area contributed by atoms with E-state index in [1.165, 1.54) is 18.6 Å². The zero-order valence-electron chi connectivity index (χ0n) is 9.81. The molecule has 1 aromatic rings. The smallest absolute Gasteiger partial charge is 0.130 e. The summed E-state index contributed by atoms with van der Waals surface area (Å²) >= 11 is 0. The van der Waals surface area contributed by atoms with Crippen LogP contribution in [0.3, 0.4) is 0 Å². The van der Waals surface area contributed by atoms with E-state index in [4.69, 9.17) is 0 Å². The van der Waals surface area contributed by atoms with E-state index in [1.54, 1.807) is 0 Å². The lowest BCUT2D eigenvalue weighted by atomic mass is 10.1. The molecule has 1 unspecified atom stereocenters. The van der Waals surface area contributed by atoms with Crippen LogP contribution in [0.5, 0.6) is 0 Å². The van der Waals surface area contributed by atoms with Crippen molar-refractivity contribution in [3.8, 4) is 0 Å². The molecule has 2 nitrogen and oxygen atoms in total. The van der Waals surface area contributed by atoms with Gasteiger partial charge in [0.1, 0.15) is 11.6 Å². The van der Waals surface area contributed by atoms with E-state index in [2.05, 4.69) is 10.6 Å². The molecule has 0 bridgehead atoms. The summed E-state index contributed by atoms with van der Waals surface area (Å²) in [4.78, 5) is 0. The van der Waals surface area contributed by atoms with E-state index in [0.717, 1.165) is 38.0 Å². The van der Waals surface area contributed by atoms with Gasteiger partial charge >= 0.3 is 0 Å². The first-order valence-corrected chi connectivity index (χ1v) is 6.11. The van der Waals surface area contributed by atoms with Crippen molar-refractivity contribution in [2.24, 2.45) is 5.92 Å². The van der Waals surface area contributed by atoms with Gasteiger partial charge in [-0.25, -0.2) is 8.78 Å². The van der Waals surface area contributed by atoms with Crippen molar-refractivity contribution in [1.82, 2.24) is 10.6 Å². The molecule has 0 aromatic heterocycles. The molecule has 0 spiro atoms. The second-order valence-electron chi connectivity index (χ2n) is 4.56. The van der Waals surface area contributed by atoms with Crippen LogP contribution in [0.25, 0.3) is 0 Å². The third-order valence-corrected chi connectivity index (χ3v) is 3.22. The second-order valence-corrected chi connectivity index (χ2v) is 4.56. The summed E-state index contributed by atoms with van der Waals surface area (Å²) in [5.74, 6) is -0.260. The second kappa shape index (κ2) is 6.07. The summed E-state index contributed by atoms with van der Waals surface area (Å²) in [6, 6.07) is 3.72. The number of hydrogen-bond acceptors (Lipinski definition) is 2. The lowest BCUT2D eigenvalue weighted by Gasteiger charge is -2.09. The summed E-state index contributed by atoms with van der Waals surface area (Å²) in [7, 11) is 0. The van der Waals surface area contributed by atoms with E-state index in [9.17, 15) is 8.78 Å². The van der Waals surface area contributed by atoms with Gasteiger partial charge in [0.25, 0.3) is 0 Å². The van der Waals surface area contributed by atoms with Crippen LogP contribution in [0.4, 0.5) is 8.78 Å². The fraction of sp³-hybridized carbons (Fsp3) is 0.538. The van der Waals surface area contributed by atoms with Gasteiger partial charge in [-0.2, -0.15) is 0 Å². The Hall–Kier alpha value is -1.00. The highest BCUT2D eigenvalue weighted by atomic mass is 19.1. The van der Waals surface area contributed by atoms with E-state index in [1.807, 2.05) is 0 Å². The van der Waals surface area contributed by atoms with Gasteiger partial charge in [0.15, 0.2) is 0 Å². The number of hydrogen-bond donors (Lipinski definition) is 2. The molecule has 1 saturated heterocycles. The lowest BCUT2D eigenvalue weighted by Crippen LogP contribution is -2.19. The zero-order valence-corrected chi connectivity index (χ0v) is 9.81. The first-order valence-electron chi connectivity index (χ1n) is 6.11. The van der Waals surface area contributed by atoms with Crippen LogP contribution < -0.4 is 10.6 Å². The predicted octanol–water partition coefficient (Wildman–Crippen LogP) is 2.05. The minimum atomic E-state index is -0.525. The van der Waals surface area contributed by atoms with Crippen molar-refractivity contribution < 1.29 is 8.78 Å². The van der Waals surface area contributed by atoms with Crippen molar-refractivity contribution in [1.29, 1.82) is 0 Å². The molecule has 1 fully saturated rings. The van der Waals surface area contributed by atoms with Crippen LogP contribution in [0, 0.1) is 17.6 Å². The molecule has 2 N–H and O–H groups in total. The number of halogens is 2. The van der Waals surface area contributed by atoms with Crippen LogP contribution in [0.2, 0.25) is 0 Å². The molecule has 4 heteroatoms. The minimum Gasteiger partial charge on any atom is -0.316 e. The molecule has 0 radical (unpaired) electrons. The van der Waals surface area contributed by atoms with Crippen LogP contribution in [0.15, 0.2) is 18.2 Å². The van der Waals surface area contributed by atoms with Crippen molar-refractivity contribution >= 4 is 0 Å². The highest BCUT2D eigenvalue weighted by molar-refractivity contribution is 5.18. The topological polar surface area (TPSA) is 24.1 Å². The Bertz CT molecular complexity index is 362. The molecule has 0 aliphatic carbocycles. The molecule has 94 valence electrons. The van der Waals surface area contributed by atoms with Crippen molar-refractivity contribution in [2.75, 3.05) is 19.6 Å². The Labute approximate surface area is 100 Å². The lowest BCUT2D eigenvalue weighted by molar-refractivity contribution is 0.494. The maximum Gasteiger partial charge on any atom is 0.130 e. The van der Waals surface area contributed by atoms with Gasteiger partial charge in [0.2, 0.25) is 0 Å². The number of rotatable bonds is 5. The van der Waals surface area contributed by atoms with Crippen molar-refractivity contribution in [3.63, 3.8) is 0 Å². The Kier molecular flexibility index (Phi) is 4.45. The van der Waals surface area contributed by atoms with Crippen LogP contribution in [0.1, 0.15) is 18.4 Å². The van der Waals surface area contributed by atoms with E-state index < -0.39 is 11.6 Å². The molecule has 2 rings (SSSR count). The Morgan fingerprint density at radius 2 is 2.24 bits per heavy atom. The highest BCUT2D eigenvalue weighted by Crippen LogP contribution is 2.12. The maximum atomic E-state index is 13.3. The average molecular weight is 240 g/mol. The molecule has 1 aliphatic rings. The summed E-state index contributed by atoms with van der Waals surface area (Å²) < 4.78 is 26.0. The van der Waals surface area contributed by atoms with Gasteiger partial charge in [-0.15, -0.1) is 0 Å². The first kappa shape index (κ1) is 12.5. The van der Waals surface area contributed by atoms with E-state index in [-0.39, 0.29) is 0 Å². The number of benzene rings is 1. The molecule has 1 aromatic carbocycles. The molecular weight excluding hydrogens is 222 g/mol. The molecule has 0 amide bonds. The molecule has 1 aliphatic heterocycles. The molecule has 1 atom stereocenters. The van der Waals surface area contributed by atoms with Gasteiger partial charge in [-0.1, -0.05) is 6.07 Å². The van der Waals surface area contributed by atoms with Gasteiger partial charge < -0.3 is 10.6 Å². The normalized spacial score (nSPS) is 19.8. The van der Waals surface area contributed by atoms with E-state index >= 15 is 0 Å². The summed E-state index contributed by atoms with van der Waals surface area (Å²) in [6.45, 7) is 3.54. The summed E-state index contributed by atoms with van der Waals surface area (Å²) in [5, 5.41) is 6.52. The maximum absolute atomic E-state index is 13.3. The van der Waals surface area contributed by atoms with E-state index in [0.29, 0.717) is 12.1 Å². The fourth-order valence-electron chi connectivity index (χ4n) is 2.16. The van der Waals surface area contributed by atoms with Gasteiger partial charge in [-0.3, -0.25) is 0 Å². The number of nitrogens with one attached hydrogen (secondary N) is 2. The first-order chi connectivity index (χ1) is 8.25. The van der Waals surface area contributed by atoms with Crippen LogP contribution in [-0.4, -0.2) is 19.6 Å². The van der Waals surface area contributed by atoms with Gasteiger partial charge in [0.05, 0.1) is 0 Å². The largest absolute Gasteiger partial charge is 0.316 e. The quantitative estimate of drug-likeness (QED) is 0.770. The average Bonchev–Trinajstić information content (AvgIpc) is 2.79. The van der Waals surface area contributed by atoms with Gasteiger partial charge in [-0.05, 0) is 44.5 Å². The monoisotopic (exact) mass is 240 g/mol. The Balaban J connectivity index is 1.70. The fourth-order valence-corrected chi connectivity index (χ4v) is 2.16. The predicted molar refractivity (Wildman–Crippen MR) is 63.7 cm³/mol. The minimum absolute atomic E-state index is 0.465. The molecule has 0 saturated carbocycles. The van der Waals surface area contributed by atoms with Crippen molar-refractivity contribution in [3.05, 3.63) is 35.4 Å². The summed E-state index contributed by atoms with van der Waals surface area (Å²) in [5.41, 5.74) is 0.524. The molecule has 17 heavy (non-hydrogen) atoms. The molecular formula is C13H18F2N2. The van der Waals surface area contributed by atoms with Gasteiger partial charge in [0, 0.05) is 18.2 Å². The Morgan fingerprint density at radius 3 is 2.94 bits per heavy atom. The molecule has 1 heterocycles.